The number of nitrogens with zero attached hydrogens (tertiary/aromatic N) is 3. The van der Waals surface area contributed by atoms with Crippen LogP contribution in [0.3, 0.4) is 0 Å². The quantitative estimate of drug-likeness (QED) is 0.352. The predicted molar refractivity (Wildman–Crippen MR) is 134 cm³/mol. The Morgan fingerprint density at radius 2 is 1.81 bits per heavy atom. The van der Waals surface area contributed by atoms with Gasteiger partial charge in [-0.1, -0.05) is 44.2 Å². The lowest BCUT2D eigenvalue weighted by Gasteiger charge is -2.20. The Morgan fingerprint density at radius 3 is 2.50 bits per heavy atom. The van der Waals surface area contributed by atoms with Gasteiger partial charge in [0.15, 0.2) is 5.84 Å². The Balaban J connectivity index is 1.36. The van der Waals surface area contributed by atoms with Crippen molar-refractivity contribution < 1.29 is 27.4 Å². The summed E-state index contributed by atoms with van der Waals surface area (Å²) < 4.78 is 50.5. The molecule has 1 atom stereocenters. The number of hydrogen-bond donors (Lipinski definition) is 1. The first-order chi connectivity index (χ1) is 17.2. The van der Waals surface area contributed by atoms with Crippen molar-refractivity contribution in [1.82, 2.24) is 5.01 Å². The van der Waals surface area contributed by atoms with Crippen LogP contribution in [0.4, 0.5) is 13.2 Å². The lowest BCUT2D eigenvalue weighted by Crippen LogP contribution is -2.35. The molecule has 11 heteroatoms. The van der Waals surface area contributed by atoms with Crippen LogP contribution in [0.2, 0.25) is 0 Å². The van der Waals surface area contributed by atoms with E-state index in [0.717, 1.165) is 22.7 Å². The van der Waals surface area contributed by atoms with Gasteiger partial charge in [-0.15, -0.1) is 0 Å². The summed E-state index contributed by atoms with van der Waals surface area (Å²) in [5.74, 6) is 0.545. The Hall–Kier alpha value is -3.60. The van der Waals surface area contributed by atoms with E-state index in [1.54, 1.807) is 24.3 Å². The van der Waals surface area contributed by atoms with Gasteiger partial charge in [-0.05, 0) is 59.5 Å². The lowest BCUT2D eigenvalue weighted by molar-refractivity contribution is -0.114. The van der Waals surface area contributed by atoms with E-state index in [-0.39, 0.29) is 22.5 Å². The number of amidine groups is 2. The maximum atomic E-state index is 12.9. The van der Waals surface area contributed by atoms with Crippen LogP contribution in [-0.4, -0.2) is 46.4 Å². The third-order valence-corrected chi connectivity index (χ3v) is 6.51. The number of amides is 1. The second-order valence-electron chi connectivity index (χ2n) is 8.04. The third kappa shape index (κ3) is 5.62. The highest BCUT2D eigenvalue weighted by Crippen LogP contribution is 2.35. The number of carbonyl (C=O) groups is 1. The van der Waals surface area contributed by atoms with E-state index in [1.807, 2.05) is 18.2 Å². The number of carbonyl (C=O) groups excluding carboxylic acids is 1. The number of hydrazone groups is 1. The van der Waals surface area contributed by atoms with Crippen molar-refractivity contribution in [3.05, 3.63) is 65.2 Å². The van der Waals surface area contributed by atoms with E-state index in [2.05, 4.69) is 30.0 Å². The number of fused-ring (bicyclic) bond motifs is 1. The summed E-state index contributed by atoms with van der Waals surface area (Å²) in [6.07, 6.45) is -2.29. The number of aliphatic imine (C=N–C) groups is 1. The molecular formula is C25H23F3N4O3S. The number of halogens is 3. The van der Waals surface area contributed by atoms with Gasteiger partial charge in [-0.2, -0.15) is 28.3 Å². The molecule has 0 saturated carbocycles. The average Bonchev–Trinajstić information content (AvgIpc) is 3.30. The number of rotatable bonds is 8. The summed E-state index contributed by atoms with van der Waals surface area (Å²) in [6, 6.07) is 14.7. The van der Waals surface area contributed by atoms with E-state index >= 15 is 0 Å². The summed E-state index contributed by atoms with van der Waals surface area (Å²) in [6.45, 7) is 4.96. The van der Waals surface area contributed by atoms with Crippen LogP contribution in [0.25, 0.3) is 6.08 Å². The van der Waals surface area contributed by atoms with Crippen LogP contribution in [0.5, 0.6) is 11.5 Å². The lowest BCUT2D eigenvalue weighted by atomic mass is 9.98. The molecule has 0 bridgehead atoms. The fraction of sp³-hybridized carbons (Fsp3) is 0.280. The molecule has 0 aromatic heterocycles. The molecule has 2 aliphatic heterocycles. The molecule has 2 aromatic rings. The normalized spacial score (nSPS) is 17.6. The minimum atomic E-state index is -4.68. The number of alkyl halides is 3. The molecule has 4 rings (SSSR count). The van der Waals surface area contributed by atoms with E-state index in [1.165, 1.54) is 6.08 Å². The van der Waals surface area contributed by atoms with Crippen LogP contribution in [0.15, 0.2) is 64.2 Å². The molecule has 0 spiro atoms. The molecule has 0 saturated heterocycles. The zero-order valence-electron chi connectivity index (χ0n) is 19.5. The molecule has 2 heterocycles. The molecule has 188 valence electrons. The molecule has 36 heavy (non-hydrogen) atoms. The van der Waals surface area contributed by atoms with Gasteiger partial charge in [0, 0.05) is 0 Å². The van der Waals surface area contributed by atoms with Gasteiger partial charge in [0.25, 0.3) is 5.91 Å². The van der Waals surface area contributed by atoms with Crippen molar-refractivity contribution >= 4 is 39.8 Å². The van der Waals surface area contributed by atoms with Crippen molar-refractivity contribution in [2.24, 2.45) is 10.1 Å². The summed E-state index contributed by atoms with van der Waals surface area (Å²) in [5.41, 5.74) is 1.55. The van der Waals surface area contributed by atoms with E-state index in [9.17, 15) is 18.0 Å². The Bertz CT molecular complexity index is 1260. The molecule has 0 fully saturated rings. The van der Waals surface area contributed by atoms with Gasteiger partial charge in [0.2, 0.25) is 10.2 Å². The Labute approximate surface area is 210 Å². The highest BCUT2D eigenvalue weighted by molar-refractivity contribution is 8.27. The summed E-state index contributed by atoms with van der Waals surface area (Å²) >= 11 is 0.216. The minimum Gasteiger partial charge on any atom is -0.490 e. The van der Waals surface area contributed by atoms with Crippen molar-refractivity contribution in [1.29, 1.82) is 5.41 Å². The standard InChI is InChI=1S/C25H23F3N4O3S/c1-3-15(2)18-6-4-5-7-20(18)35-13-12-34-17-10-8-16(9-11-17)14-19-21(29)32-24(30-22(19)33)36-23(31-32)25(26,27)28/h4-11,14-15,29H,3,12-13H2,1-2H3/b19-14-,29-21?. The first kappa shape index (κ1) is 25.5. The second kappa shape index (κ2) is 10.6. The number of ether oxygens (including phenoxy) is 2. The van der Waals surface area contributed by atoms with Crippen LogP contribution in [0.1, 0.15) is 37.3 Å². The summed E-state index contributed by atoms with van der Waals surface area (Å²) in [7, 11) is 0. The number of para-hydroxylation sites is 1. The minimum absolute atomic E-state index is 0.159. The second-order valence-corrected chi connectivity index (χ2v) is 8.99. The van der Waals surface area contributed by atoms with E-state index in [4.69, 9.17) is 14.9 Å². The highest BCUT2D eigenvalue weighted by atomic mass is 32.2. The zero-order chi connectivity index (χ0) is 25.9. The van der Waals surface area contributed by atoms with Crippen molar-refractivity contribution in [3.8, 4) is 11.5 Å². The van der Waals surface area contributed by atoms with Crippen LogP contribution in [0, 0.1) is 5.41 Å². The van der Waals surface area contributed by atoms with Gasteiger partial charge in [-0.3, -0.25) is 10.2 Å². The van der Waals surface area contributed by atoms with Gasteiger partial charge in [0.1, 0.15) is 24.7 Å². The van der Waals surface area contributed by atoms with Crippen molar-refractivity contribution in [2.45, 2.75) is 32.4 Å². The van der Waals surface area contributed by atoms with Crippen molar-refractivity contribution in [2.75, 3.05) is 13.2 Å². The first-order valence-electron chi connectivity index (χ1n) is 11.2. The maximum absolute atomic E-state index is 12.9. The number of hydrogen-bond acceptors (Lipinski definition) is 6. The summed E-state index contributed by atoms with van der Waals surface area (Å²) in [4.78, 5) is 16.0. The van der Waals surface area contributed by atoms with Crippen LogP contribution < -0.4 is 9.47 Å². The Morgan fingerprint density at radius 1 is 1.11 bits per heavy atom. The largest absolute Gasteiger partial charge is 0.490 e. The van der Waals surface area contributed by atoms with Crippen LogP contribution >= 0.6 is 11.8 Å². The maximum Gasteiger partial charge on any atom is 0.441 e. The van der Waals surface area contributed by atoms with Gasteiger partial charge >= 0.3 is 6.18 Å². The predicted octanol–water partition coefficient (Wildman–Crippen LogP) is 5.84. The smallest absolute Gasteiger partial charge is 0.441 e. The average molecular weight is 517 g/mol. The SMILES string of the molecule is CCC(C)c1ccccc1OCCOc1ccc(/C=C2/C(=N)N3N=C(C(F)(F)F)SC3=NC2=O)cc1. The molecule has 0 aliphatic carbocycles. The number of benzene rings is 2. The Kier molecular flexibility index (Phi) is 7.48. The summed E-state index contributed by atoms with van der Waals surface area (Å²) in [5, 5.41) is 10.8. The molecule has 1 unspecified atom stereocenters. The first-order valence-corrected chi connectivity index (χ1v) is 12.0. The van der Waals surface area contributed by atoms with E-state index in [0.29, 0.717) is 30.4 Å². The topological polar surface area (TPSA) is 87.3 Å². The monoisotopic (exact) mass is 516 g/mol. The van der Waals surface area contributed by atoms with Crippen LogP contribution in [-0.2, 0) is 4.79 Å². The van der Waals surface area contributed by atoms with Gasteiger partial charge in [-0.25, -0.2) is 0 Å². The molecule has 2 aliphatic rings. The number of thioether (sulfide) groups is 1. The van der Waals surface area contributed by atoms with Crippen molar-refractivity contribution in [3.63, 3.8) is 0 Å². The van der Waals surface area contributed by atoms with Gasteiger partial charge in [0.05, 0.1) is 5.57 Å². The fourth-order valence-electron chi connectivity index (χ4n) is 3.48. The zero-order valence-corrected chi connectivity index (χ0v) is 20.3. The molecule has 1 amide bonds. The molecule has 0 radical (unpaired) electrons. The highest BCUT2D eigenvalue weighted by Gasteiger charge is 2.46. The molecule has 7 nitrogen and oxygen atoms in total. The molecule has 2 aromatic carbocycles. The third-order valence-electron chi connectivity index (χ3n) is 5.56. The fourth-order valence-corrected chi connectivity index (χ4v) is 4.24. The number of nitrogens with one attached hydrogen (secondary N) is 1. The van der Waals surface area contributed by atoms with Gasteiger partial charge < -0.3 is 9.47 Å². The van der Waals surface area contributed by atoms with E-state index < -0.39 is 23.0 Å². The molecule has 1 N–H and O–H groups in total. The molecular weight excluding hydrogens is 493 g/mol.